The molecule has 3 rings (SSSR count). The van der Waals surface area contributed by atoms with Gasteiger partial charge in [0.2, 0.25) is 0 Å². The molecule has 0 spiro atoms. The van der Waals surface area contributed by atoms with Crippen LogP contribution in [0.2, 0.25) is 0 Å². The fourth-order valence-electron chi connectivity index (χ4n) is 2.23. The first-order valence-corrected chi connectivity index (χ1v) is 7.68. The summed E-state index contributed by atoms with van der Waals surface area (Å²) in [7, 11) is 1.55. The van der Waals surface area contributed by atoms with E-state index in [4.69, 9.17) is 14.6 Å². The van der Waals surface area contributed by atoms with E-state index in [0.29, 0.717) is 11.5 Å². The van der Waals surface area contributed by atoms with Crippen molar-refractivity contribution in [1.29, 1.82) is 0 Å². The highest BCUT2D eigenvalue weighted by molar-refractivity contribution is 5.87. The Morgan fingerprint density at radius 1 is 1.19 bits per heavy atom. The maximum absolute atomic E-state index is 11.0. The van der Waals surface area contributed by atoms with Gasteiger partial charge in [-0.05, 0) is 41.5 Å². The molecular formula is C18H16N4O4. The molecule has 8 heteroatoms. The second kappa shape index (κ2) is 7.93. The van der Waals surface area contributed by atoms with E-state index in [1.165, 1.54) is 23.4 Å². The van der Waals surface area contributed by atoms with Gasteiger partial charge in [0.15, 0.2) is 11.5 Å². The lowest BCUT2D eigenvalue weighted by Gasteiger charge is -2.11. The molecule has 1 N–H and O–H groups in total. The molecule has 3 aromatic rings. The Hall–Kier alpha value is -3.68. The summed E-state index contributed by atoms with van der Waals surface area (Å²) in [4.78, 5) is 11.0. The summed E-state index contributed by atoms with van der Waals surface area (Å²) >= 11 is 0. The van der Waals surface area contributed by atoms with Crippen molar-refractivity contribution in [3.05, 3.63) is 71.8 Å². The van der Waals surface area contributed by atoms with E-state index in [1.54, 1.807) is 43.7 Å². The standard InChI is InChI=1S/C18H16N4O4/c1-25-17-8-13(9-21-22-11-19-20-12-22)5-6-16(17)26-10-14-3-2-4-15(7-14)18(23)24/h2-9,11-12H,10H2,1H3,(H,23,24)/b21-9+. The lowest BCUT2D eigenvalue weighted by Crippen LogP contribution is -2.01. The molecule has 0 amide bonds. The molecule has 1 heterocycles. The topological polar surface area (TPSA) is 98.8 Å². The number of carboxylic acids is 1. The third-order valence-corrected chi connectivity index (χ3v) is 3.50. The monoisotopic (exact) mass is 352 g/mol. The average molecular weight is 352 g/mol. The van der Waals surface area contributed by atoms with Crippen LogP contribution in [0.1, 0.15) is 21.5 Å². The van der Waals surface area contributed by atoms with Crippen LogP contribution < -0.4 is 9.47 Å². The molecule has 0 aliphatic carbocycles. The lowest BCUT2D eigenvalue weighted by molar-refractivity contribution is 0.0696. The van der Waals surface area contributed by atoms with Crippen molar-refractivity contribution >= 4 is 12.2 Å². The van der Waals surface area contributed by atoms with Crippen LogP contribution in [0.15, 0.2) is 60.2 Å². The highest BCUT2D eigenvalue weighted by atomic mass is 16.5. The van der Waals surface area contributed by atoms with E-state index in [9.17, 15) is 4.79 Å². The minimum atomic E-state index is -0.971. The van der Waals surface area contributed by atoms with Crippen LogP contribution in [-0.4, -0.2) is 39.3 Å². The zero-order chi connectivity index (χ0) is 18.4. The molecule has 0 fully saturated rings. The molecule has 0 saturated carbocycles. The zero-order valence-corrected chi connectivity index (χ0v) is 13.9. The molecule has 132 valence electrons. The number of carbonyl (C=O) groups is 1. The number of aromatic carboxylic acids is 1. The fourth-order valence-corrected chi connectivity index (χ4v) is 2.23. The number of methoxy groups -OCH3 is 1. The predicted molar refractivity (Wildman–Crippen MR) is 93.7 cm³/mol. The van der Waals surface area contributed by atoms with Crippen LogP contribution in [0.5, 0.6) is 11.5 Å². The van der Waals surface area contributed by atoms with Gasteiger partial charge in [0.1, 0.15) is 19.3 Å². The van der Waals surface area contributed by atoms with Gasteiger partial charge >= 0.3 is 5.97 Å². The Morgan fingerprint density at radius 3 is 2.73 bits per heavy atom. The van der Waals surface area contributed by atoms with Gasteiger partial charge in [0.25, 0.3) is 0 Å². The molecule has 0 saturated heterocycles. The number of hydrogen-bond acceptors (Lipinski definition) is 6. The molecule has 0 aliphatic heterocycles. The average Bonchev–Trinajstić information content (AvgIpc) is 3.18. The summed E-state index contributed by atoms with van der Waals surface area (Å²) in [5.41, 5.74) is 1.79. The maximum atomic E-state index is 11.0. The molecule has 8 nitrogen and oxygen atoms in total. The summed E-state index contributed by atoms with van der Waals surface area (Å²) in [5.74, 6) is 0.128. The van der Waals surface area contributed by atoms with E-state index in [-0.39, 0.29) is 12.2 Å². The van der Waals surface area contributed by atoms with Gasteiger partial charge in [-0.25, -0.2) is 9.47 Å². The molecule has 0 radical (unpaired) electrons. The highest BCUT2D eigenvalue weighted by Crippen LogP contribution is 2.28. The van der Waals surface area contributed by atoms with Crippen LogP contribution >= 0.6 is 0 Å². The Bertz CT molecular complexity index is 923. The third kappa shape index (κ3) is 4.23. The van der Waals surface area contributed by atoms with E-state index < -0.39 is 5.97 Å². The van der Waals surface area contributed by atoms with Gasteiger partial charge in [-0.3, -0.25) is 0 Å². The van der Waals surface area contributed by atoms with Crippen molar-refractivity contribution in [3.63, 3.8) is 0 Å². The van der Waals surface area contributed by atoms with Gasteiger partial charge in [-0.1, -0.05) is 12.1 Å². The number of aromatic nitrogens is 3. The third-order valence-electron chi connectivity index (χ3n) is 3.50. The number of benzene rings is 2. The highest BCUT2D eigenvalue weighted by Gasteiger charge is 2.07. The second-order valence-corrected chi connectivity index (χ2v) is 5.29. The van der Waals surface area contributed by atoms with Crippen molar-refractivity contribution < 1.29 is 19.4 Å². The number of ether oxygens (including phenoxy) is 2. The van der Waals surface area contributed by atoms with Crippen molar-refractivity contribution in [2.75, 3.05) is 7.11 Å². The Kier molecular flexibility index (Phi) is 5.23. The van der Waals surface area contributed by atoms with Crippen molar-refractivity contribution in [2.24, 2.45) is 5.10 Å². The Morgan fingerprint density at radius 2 is 2.00 bits per heavy atom. The van der Waals surface area contributed by atoms with Crippen LogP contribution in [0.25, 0.3) is 0 Å². The van der Waals surface area contributed by atoms with Crippen molar-refractivity contribution in [3.8, 4) is 11.5 Å². The van der Waals surface area contributed by atoms with E-state index in [1.807, 2.05) is 6.07 Å². The summed E-state index contributed by atoms with van der Waals surface area (Å²) in [6, 6.07) is 12.0. The minimum Gasteiger partial charge on any atom is -0.493 e. The molecule has 2 aromatic carbocycles. The normalized spacial score (nSPS) is 10.8. The van der Waals surface area contributed by atoms with Gasteiger partial charge in [-0.2, -0.15) is 5.10 Å². The fraction of sp³-hybridized carbons (Fsp3) is 0.111. The van der Waals surface area contributed by atoms with Crippen LogP contribution in [-0.2, 0) is 6.61 Å². The molecule has 0 atom stereocenters. The molecule has 0 bridgehead atoms. The van der Waals surface area contributed by atoms with Gasteiger partial charge in [0.05, 0.1) is 18.9 Å². The number of rotatable bonds is 7. The summed E-state index contributed by atoms with van der Waals surface area (Å²) in [6.45, 7) is 0.228. The smallest absolute Gasteiger partial charge is 0.335 e. The zero-order valence-electron chi connectivity index (χ0n) is 13.9. The van der Waals surface area contributed by atoms with E-state index in [0.717, 1.165) is 11.1 Å². The molecule has 0 unspecified atom stereocenters. The molecular weight excluding hydrogens is 336 g/mol. The number of nitrogens with zero attached hydrogens (tertiary/aromatic N) is 4. The minimum absolute atomic E-state index is 0.221. The van der Waals surface area contributed by atoms with Crippen LogP contribution in [0.3, 0.4) is 0 Å². The summed E-state index contributed by atoms with van der Waals surface area (Å²) < 4.78 is 12.6. The quantitative estimate of drug-likeness (QED) is 0.656. The van der Waals surface area contributed by atoms with Crippen molar-refractivity contribution in [2.45, 2.75) is 6.61 Å². The molecule has 0 aliphatic rings. The first-order chi connectivity index (χ1) is 12.7. The van der Waals surface area contributed by atoms with E-state index in [2.05, 4.69) is 15.3 Å². The maximum Gasteiger partial charge on any atom is 0.335 e. The van der Waals surface area contributed by atoms with Crippen LogP contribution in [0.4, 0.5) is 0 Å². The largest absolute Gasteiger partial charge is 0.493 e. The van der Waals surface area contributed by atoms with Crippen LogP contribution in [0, 0.1) is 0 Å². The Labute approximate surface area is 149 Å². The number of hydrogen-bond donors (Lipinski definition) is 1. The van der Waals surface area contributed by atoms with Gasteiger partial charge in [-0.15, -0.1) is 10.2 Å². The van der Waals surface area contributed by atoms with Gasteiger partial charge in [0, 0.05) is 0 Å². The molecule has 26 heavy (non-hydrogen) atoms. The molecule has 1 aromatic heterocycles. The predicted octanol–water partition coefficient (Wildman–Crippen LogP) is 2.45. The van der Waals surface area contributed by atoms with Crippen molar-refractivity contribution in [1.82, 2.24) is 14.9 Å². The second-order valence-electron chi connectivity index (χ2n) is 5.29. The lowest BCUT2D eigenvalue weighted by atomic mass is 10.1. The summed E-state index contributed by atoms with van der Waals surface area (Å²) in [5, 5.41) is 20.6. The first-order valence-electron chi connectivity index (χ1n) is 7.68. The van der Waals surface area contributed by atoms with E-state index >= 15 is 0 Å². The first kappa shape index (κ1) is 17.2. The SMILES string of the molecule is COc1cc(/C=N/n2cnnc2)ccc1OCc1cccc(C(=O)O)c1. The van der Waals surface area contributed by atoms with Gasteiger partial charge < -0.3 is 14.6 Å². The Balaban J connectivity index is 1.72. The number of carboxylic acid groups (broad SMARTS) is 1. The summed E-state index contributed by atoms with van der Waals surface area (Å²) in [6.07, 6.45) is 4.61.